The molecule has 1 aromatic carbocycles. The molecule has 0 saturated heterocycles. The minimum absolute atomic E-state index is 0.514. The molecule has 1 N–H and O–H groups in total. The maximum atomic E-state index is 12.6. The zero-order chi connectivity index (χ0) is 8.72. The maximum Gasteiger partial charge on any atom is 0.287 e. The monoisotopic (exact) mass is 248 g/mol. The molecule has 0 aliphatic heterocycles. The summed E-state index contributed by atoms with van der Waals surface area (Å²) in [7, 11) is 0. The van der Waals surface area contributed by atoms with Crippen molar-refractivity contribution in [3.63, 3.8) is 0 Å². The molecule has 2 nitrogen and oxygen atoms in total. The Kier molecular flexibility index (Phi) is 1.81. The van der Waals surface area contributed by atoms with Crippen LogP contribution in [0.3, 0.4) is 0 Å². The summed E-state index contributed by atoms with van der Waals surface area (Å²) in [5.74, 6) is 0. The van der Waals surface area contributed by atoms with E-state index in [4.69, 9.17) is 11.6 Å². The molecule has 0 aliphatic rings. The van der Waals surface area contributed by atoms with Crippen LogP contribution in [0.15, 0.2) is 16.6 Å². The number of nitrogens with one attached hydrogen (secondary N) is 1. The van der Waals surface area contributed by atoms with Crippen LogP contribution in [0.1, 0.15) is 0 Å². The quantitative estimate of drug-likeness (QED) is 0.763. The highest BCUT2D eigenvalue weighted by molar-refractivity contribution is 9.10. The predicted octanol–water partition coefficient (Wildman–Crippen LogP) is 3.12. The molecule has 2 aromatic rings. The van der Waals surface area contributed by atoms with Gasteiger partial charge in [0.2, 0.25) is 0 Å². The number of imidazole rings is 1. The number of aromatic nitrogens is 2. The largest absolute Gasteiger partial charge is 0.314 e. The van der Waals surface area contributed by atoms with Gasteiger partial charge in [-0.05, 0) is 28.1 Å². The second-order valence-corrected chi connectivity index (χ2v) is 3.49. The first-order valence-electron chi connectivity index (χ1n) is 3.17. The topological polar surface area (TPSA) is 28.7 Å². The minimum atomic E-state index is -0.604. The van der Waals surface area contributed by atoms with E-state index in [2.05, 4.69) is 25.9 Å². The number of benzene rings is 1. The molecule has 0 aliphatic carbocycles. The predicted molar refractivity (Wildman–Crippen MR) is 48.8 cm³/mol. The minimum Gasteiger partial charge on any atom is -0.314 e. The van der Waals surface area contributed by atoms with Crippen molar-refractivity contribution in [3.8, 4) is 0 Å². The molecule has 12 heavy (non-hydrogen) atoms. The third-order valence-electron chi connectivity index (χ3n) is 1.52. The van der Waals surface area contributed by atoms with Crippen LogP contribution in [0.25, 0.3) is 11.0 Å². The number of hydrogen-bond acceptors (Lipinski definition) is 1. The van der Waals surface area contributed by atoms with Gasteiger partial charge in [-0.1, -0.05) is 11.6 Å². The normalized spacial score (nSPS) is 10.9. The van der Waals surface area contributed by atoms with Gasteiger partial charge in [-0.15, -0.1) is 0 Å². The molecule has 1 aromatic heterocycles. The van der Waals surface area contributed by atoms with E-state index in [0.717, 1.165) is 0 Å². The maximum absolute atomic E-state index is 12.6. The molecular weight excluding hydrogens is 246 g/mol. The van der Waals surface area contributed by atoms with Gasteiger partial charge >= 0.3 is 0 Å². The smallest absolute Gasteiger partial charge is 0.287 e. The molecule has 0 unspecified atom stereocenters. The lowest BCUT2D eigenvalue weighted by molar-refractivity contribution is 0.556. The average molecular weight is 249 g/mol. The van der Waals surface area contributed by atoms with Gasteiger partial charge in [-0.25, -0.2) is 4.98 Å². The summed E-state index contributed by atoms with van der Waals surface area (Å²) in [5, 5.41) is 0.522. The van der Waals surface area contributed by atoms with E-state index in [0.29, 0.717) is 20.5 Å². The number of fused-ring (bicyclic) bond motifs is 1. The average Bonchev–Trinajstić information content (AvgIpc) is 2.39. The van der Waals surface area contributed by atoms with Crippen molar-refractivity contribution in [1.29, 1.82) is 0 Å². The number of halogens is 3. The van der Waals surface area contributed by atoms with Crippen molar-refractivity contribution in [2.45, 2.75) is 0 Å². The van der Waals surface area contributed by atoms with Gasteiger partial charge in [0.1, 0.15) is 5.52 Å². The number of H-pyrrole nitrogens is 1. The lowest BCUT2D eigenvalue weighted by atomic mass is 10.3. The van der Waals surface area contributed by atoms with Crippen molar-refractivity contribution in [3.05, 3.63) is 27.7 Å². The van der Waals surface area contributed by atoms with E-state index in [1.807, 2.05) is 0 Å². The van der Waals surface area contributed by atoms with Crippen LogP contribution in [0, 0.1) is 6.08 Å². The lowest BCUT2D eigenvalue weighted by Gasteiger charge is -1.93. The van der Waals surface area contributed by atoms with Crippen molar-refractivity contribution in [2.75, 3.05) is 0 Å². The van der Waals surface area contributed by atoms with E-state index in [1.54, 1.807) is 12.1 Å². The molecule has 0 spiro atoms. The van der Waals surface area contributed by atoms with Crippen molar-refractivity contribution in [1.82, 2.24) is 9.97 Å². The molecular formula is C7H3BrClFN2. The van der Waals surface area contributed by atoms with E-state index in [-0.39, 0.29) is 0 Å². The van der Waals surface area contributed by atoms with Gasteiger partial charge in [-0.3, -0.25) is 0 Å². The van der Waals surface area contributed by atoms with Crippen LogP contribution in [0.4, 0.5) is 4.39 Å². The number of nitrogens with zero attached hydrogens (tertiary/aromatic N) is 1. The number of aromatic amines is 1. The van der Waals surface area contributed by atoms with Crippen molar-refractivity contribution < 1.29 is 4.39 Å². The van der Waals surface area contributed by atoms with E-state index < -0.39 is 6.08 Å². The molecule has 0 radical (unpaired) electrons. The Morgan fingerprint density at radius 2 is 2.25 bits per heavy atom. The fourth-order valence-electron chi connectivity index (χ4n) is 0.987. The number of hydrogen-bond donors (Lipinski definition) is 1. The van der Waals surface area contributed by atoms with Crippen molar-refractivity contribution in [2.24, 2.45) is 0 Å². The number of rotatable bonds is 0. The Labute approximate surface area is 80.9 Å². The standard InChI is InChI=1S/C7H3BrClFN2/c8-5-3(9)1-2-4-6(5)12-7(10)11-4/h1-2H,(H,11,12). The fraction of sp³-hybridized carbons (Fsp3) is 0. The summed E-state index contributed by atoms with van der Waals surface area (Å²) in [6.07, 6.45) is -0.604. The van der Waals surface area contributed by atoms with Crippen LogP contribution in [0.2, 0.25) is 5.02 Å². The molecule has 0 bridgehead atoms. The van der Waals surface area contributed by atoms with E-state index in [9.17, 15) is 4.39 Å². The van der Waals surface area contributed by atoms with Gasteiger partial charge < -0.3 is 4.98 Å². The van der Waals surface area contributed by atoms with E-state index >= 15 is 0 Å². The van der Waals surface area contributed by atoms with Crippen LogP contribution in [0.5, 0.6) is 0 Å². The summed E-state index contributed by atoms with van der Waals surface area (Å²) in [6, 6.07) is 3.35. The van der Waals surface area contributed by atoms with Crippen LogP contribution in [-0.4, -0.2) is 9.97 Å². The molecule has 5 heteroatoms. The Balaban J connectivity index is 2.89. The van der Waals surface area contributed by atoms with Crippen LogP contribution < -0.4 is 0 Å². The summed E-state index contributed by atoms with van der Waals surface area (Å²) in [5.41, 5.74) is 1.14. The highest BCUT2D eigenvalue weighted by atomic mass is 79.9. The summed E-state index contributed by atoms with van der Waals surface area (Å²) < 4.78 is 13.2. The molecule has 0 fully saturated rings. The Morgan fingerprint density at radius 1 is 1.50 bits per heavy atom. The summed E-state index contributed by atoms with van der Waals surface area (Å²) in [4.78, 5) is 6.08. The highest BCUT2D eigenvalue weighted by Crippen LogP contribution is 2.29. The molecule has 0 amide bonds. The van der Waals surface area contributed by atoms with Gasteiger partial charge in [0.15, 0.2) is 0 Å². The van der Waals surface area contributed by atoms with Crippen molar-refractivity contribution >= 4 is 38.6 Å². The third-order valence-corrected chi connectivity index (χ3v) is 2.86. The lowest BCUT2D eigenvalue weighted by Crippen LogP contribution is -1.73. The van der Waals surface area contributed by atoms with Gasteiger partial charge in [0.25, 0.3) is 6.08 Å². The van der Waals surface area contributed by atoms with Crippen LogP contribution >= 0.6 is 27.5 Å². The first-order chi connectivity index (χ1) is 5.68. The van der Waals surface area contributed by atoms with E-state index in [1.165, 1.54) is 0 Å². The van der Waals surface area contributed by atoms with Gasteiger partial charge in [0, 0.05) is 0 Å². The fourth-order valence-corrected chi connectivity index (χ4v) is 1.57. The molecule has 1 heterocycles. The highest BCUT2D eigenvalue weighted by Gasteiger charge is 2.07. The molecule has 2 rings (SSSR count). The summed E-state index contributed by atoms with van der Waals surface area (Å²) in [6.45, 7) is 0. The summed E-state index contributed by atoms with van der Waals surface area (Å²) >= 11 is 8.99. The van der Waals surface area contributed by atoms with Gasteiger partial charge in [-0.2, -0.15) is 4.39 Å². The first-order valence-corrected chi connectivity index (χ1v) is 4.35. The SMILES string of the molecule is Fc1nc2c(Br)c(Cl)ccc2[nH]1. The molecule has 0 atom stereocenters. The zero-order valence-corrected chi connectivity index (χ0v) is 8.08. The second kappa shape index (κ2) is 2.71. The first kappa shape index (κ1) is 8.01. The van der Waals surface area contributed by atoms with Gasteiger partial charge in [0.05, 0.1) is 15.0 Å². The molecule has 0 saturated carbocycles. The Hall–Kier alpha value is -0.610. The Bertz CT molecular complexity index is 440. The third kappa shape index (κ3) is 1.11. The zero-order valence-electron chi connectivity index (χ0n) is 5.74. The molecule has 62 valence electrons. The second-order valence-electron chi connectivity index (χ2n) is 2.29. The van der Waals surface area contributed by atoms with Crippen LogP contribution in [-0.2, 0) is 0 Å². The Morgan fingerprint density at radius 3 is 3.00 bits per heavy atom.